The van der Waals surface area contributed by atoms with Gasteiger partial charge in [0.05, 0.1) is 0 Å². The Morgan fingerprint density at radius 2 is 2.39 bits per heavy atom. The van der Waals surface area contributed by atoms with E-state index in [2.05, 4.69) is 38.8 Å². The summed E-state index contributed by atoms with van der Waals surface area (Å²) in [5, 5.41) is 9.38. The molecule has 23 heavy (non-hydrogen) atoms. The van der Waals surface area contributed by atoms with Gasteiger partial charge in [0.25, 0.3) is 0 Å². The molecule has 2 aromatic rings. The molecule has 122 valence electrons. The Balaban J connectivity index is 1.59. The fourth-order valence-corrected chi connectivity index (χ4v) is 3.10. The molecule has 2 N–H and O–H groups in total. The van der Waals surface area contributed by atoms with Crippen LogP contribution in [0, 0.1) is 12.8 Å². The third-order valence-corrected chi connectivity index (χ3v) is 4.30. The van der Waals surface area contributed by atoms with Gasteiger partial charge in [-0.25, -0.2) is 4.79 Å². The molecule has 0 aliphatic carbocycles. The molecule has 3 rings (SSSR count). The van der Waals surface area contributed by atoms with Gasteiger partial charge in [-0.2, -0.15) is 0 Å². The van der Waals surface area contributed by atoms with E-state index in [1.54, 1.807) is 6.20 Å². The number of carbonyl (C=O) groups is 1. The third kappa shape index (κ3) is 3.50. The van der Waals surface area contributed by atoms with Crippen LogP contribution in [-0.4, -0.2) is 41.2 Å². The third-order valence-electron chi connectivity index (χ3n) is 4.30. The van der Waals surface area contributed by atoms with Crippen molar-refractivity contribution in [3.8, 4) is 0 Å². The van der Waals surface area contributed by atoms with Crippen LogP contribution >= 0.6 is 0 Å². The number of hydrogen-bond acceptors (Lipinski definition) is 5. The van der Waals surface area contributed by atoms with Gasteiger partial charge in [-0.05, 0) is 44.5 Å². The van der Waals surface area contributed by atoms with E-state index in [4.69, 9.17) is 4.52 Å². The van der Waals surface area contributed by atoms with Crippen LogP contribution in [0.2, 0.25) is 0 Å². The fraction of sp³-hybridized carbons (Fsp3) is 0.438. The van der Waals surface area contributed by atoms with Gasteiger partial charge in [0.2, 0.25) is 0 Å². The highest BCUT2D eigenvalue weighted by molar-refractivity contribution is 5.88. The van der Waals surface area contributed by atoms with Crippen molar-refractivity contribution in [1.82, 2.24) is 20.4 Å². The van der Waals surface area contributed by atoms with E-state index in [0.29, 0.717) is 18.3 Å². The molecular weight excluding hydrogens is 294 g/mol. The van der Waals surface area contributed by atoms with Gasteiger partial charge in [0, 0.05) is 30.5 Å². The highest BCUT2D eigenvalue weighted by atomic mass is 16.5. The first-order chi connectivity index (χ1) is 11.1. The highest BCUT2D eigenvalue weighted by Gasteiger charge is 2.33. The number of likely N-dealkylation sites (tertiary alicyclic amines) is 1. The highest BCUT2D eigenvalue weighted by Crippen LogP contribution is 2.35. The Kier molecular flexibility index (Phi) is 4.57. The maximum atomic E-state index is 12.0. The summed E-state index contributed by atoms with van der Waals surface area (Å²) < 4.78 is 4.81. The van der Waals surface area contributed by atoms with Gasteiger partial charge >= 0.3 is 6.03 Å². The topological polar surface area (TPSA) is 83.3 Å². The van der Waals surface area contributed by atoms with Crippen molar-refractivity contribution in [2.75, 3.05) is 25.5 Å². The largest absolute Gasteiger partial charge is 0.362 e. The fourth-order valence-electron chi connectivity index (χ4n) is 3.10. The molecule has 2 aromatic heterocycles. The van der Waals surface area contributed by atoms with Gasteiger partial charge < -0.3 is 9.84 Å². The molecule has 0 aromatic carbocycles. The minimum atomic E-state index is -0.263. The molecule has 2 amide bonds. The second-order valence-corrected chi connectivity index (χ2v) is 5.94. The van der Waals surface area contributed by atoms with Crippen molar-refractivity contribution in [3.63, 3.8) is 0 Å². The zero-order chi connectivity index (χ0) is 16.2. The van der Waals surface area contributed by atoms with Crippen LogP contribution in [-0.2, 0) is 0 Å². The molecule has 2 atom stereocenters. The van der Waals surface area contributed by atoms with Gasteiger partial charge in [-0.3, -0.25) is 15.2 Å². The molecule has 1 saturated heterocycles. The maximum Gasteiger partial charge on any atom is 0.320 e. The lowest BCUT2D eigenvalue weighted by Gasteiger charge is -2.25. The minimum Gasteiger partial charge on any atom is -0.362 e. The summed E-state index contributed by atoms with van der Waals surface area (Å²) >= 11 is 0. The quantitative estimate of drug-likeness (QED) is 0.903. The number of amides is 2. The molecule has 0 saturated carbocycles. The summed E-state index contributed by atoms with van der Waals surface area (Å²) in [5.41, 5.74) is 1.99. The lowest BCUT2D eigenvalue weighted by molar-refractivity contribution is 0.243. The molecule has 7 heteroatoms. The number of rotatable bonds is 4. The predicted octanol–water partition coefficient (Wildman–Crippen LogP) is 2.19. The Labute approximate surface area is 135 Å². The van der Waals surface area contributed by atoms with E-state index >= 15 is 0 Å². The zero-order valence-electron chi connectivity index (χ0n) is 13.3. The smallest absolute Gasteiger partial charge is 0.320 e. The van der Waals surface area contributed by atoms with Gasteiger partial charge in [-0.1, -0.05) is 11.2 Å². The Morgan fingerprint density at radius 1 is 1.52 bits per heavy atom. The molecule has 3 heterocycles. The monoisotopic (exact) mass is 315 g/mol. The summed E-state index contributed by atoms with van der Waals surface area (Å²) in [7, 11) is 2.11. The summed E-state index contributed by atoms with van der Waals surface area (Å²) in [4.78, 5) is 18.5. The average Bonchev–Trinajstić information content (AvgIpc) is 3.12. The van der Waals surface area contributed by atoms with Crippen LogP contribution in [0.5, 0.6) is 0 Å². The molecule has 0 bridgehead atoms. The maximum absolute atomic E-state index is 12.0. The first-order valence-electron chi connectivity index (χ1n) is 7.71. The van der Waals surface area contributed by atoms with Crippen molar-refractivity contribution in [2.45, 2.75) is 19.4 Å². The van der Waals surface area contributed by atoms with Crippen LogP contribution in [0.4, 0.5) is 10.6 Å². The lowest BCUT2D eigenvalue weighted by Crippen LogP contribution is -2.35. The van der Waals surface area contributed by atoms with Crippen LogP contribution in [0.1, 0.15) is 23.6 Å². The predicted molar refractivity (Wildman–Crippen MR) is 86.0 cm³/mol. The van der Waals surface area contributed by atoms with Crippen molar-refractivity contribution in [3.05, 3.63) is 41.9 Å². The number of aromatic nitrogens is 2. The first-order valence-corrected chi connectivity index (χ1v) is 7.71. The number of nitrogens with one attached hydrogen (secondary N) is 2. The molecule has 1 fully saturated rings. The number of nitrogens with zero attached hydrogens (tertiary/aromatic N) is 3. The van der Waals surface area contributed by atoms with E-state index in [-0.39, 0.29) is 12.1 Å². The average molecular weight is 315 g/mol. The van der Waals surface area contributed by atoms with Crippen LogP contribution in [0.3, 0.4) is 0 Å². The Morgan fingerprint density at radius 3 is 3.09 bits per heavy atom. The zero-order valence-corrected chi connectivity index (χ0v) is 13.3. The SMILES string of the molecule is Cc1conc1NC(=O)NC[C@@H]1CCN(C)[C@H]1c1cccnc1. The molecule has 1 aliphatic heterocycles. The molecule has 7 nitrogen and oxygen atoms in total. The van der Waals surface area contributed by atoms with Crippen molar-refractivity contribution in [2.24, 2.45) is 5.92 Å². The summed E-state index contributed by atoms with van der Waals surface area (Å²) in [6, 6.07) is 4.05. The first kappa shape index (κ1) is 15.5. The van der Waals surface area contributed by atoms with Gasteiger partial charge in [0.1, 0.15) is 6.26 Å². The van der Waals surface area contributed by atoms with Gasteiger partial charge in [0.15, 0.2) is 5.82 Å². The van der Waals surface area contributed by atoms with Crippen LogP contribution < -0.4 is 10.6 Å². The second-order valence-electron chi connectivity index (χ2n) is 5.94. The number of hydrogen-bond donors (Lipinski definition) is 2. The van der Waals surface area contributed by atoms with E-state index in [9.17, 15) is 4.79 Å². The van der Waals surface area contributed by atoms with E-state index in [1.165, 1.54) is 11.8 Å². The number of pyridine rings is 1. The van der Waals surface area contributed by atoms with Crippen LogP contribution in [0.15, 0.2) is 35.3 Å². The Bertz CT molecular complexity index is 658. The number of aryl methyl sites for hydroxylation is 1. The van der Waals surface area contributed by atoms with Gasteiger partial charge in [-0.15, -0.1) is 0 Å². The molecule has 0 spiro atoms. The summed E-state index contributed by atoms with van der Waals surface area (Å²) in [6.45, 7) is 3.44. The minimum absolute atomic E-state index is 0.263. The van der Waals surface area contributed by atoms with Crippen molar-refractivity contribution < 1.29 is 9.32 Å². The summed E-state index contributed by atoms with van der Waals surface area (Å²) in [6.07, 6.45) is 6.22. The molecule has 0 radical (unpaired) electrons. The standard InChI is InChI=1S/C16H21N5O2/c1-11-10-23-20-15(11)19-16(22)18-9-13-5-7-21(2)14(13)12-4-3-6-17-8-12/h3-4,6,8,10,13-14H,5,7,9H2,1-2H3,(H2,18,19,20,22)/t13-,14-/m0/s1. The summed E-state index contributed by atoms with van der Waals surface area (Å²) in [5.74, 6) is 0.809. The number of anilines is 1. The lowest BCUT2D eigenvalue weighted by atomic mass is 9.95. The van der Waals surface area contributed by atoms with Crippen molar-refractivity contribution >= 4 is 11.8 Å². The number of urea groups is 1. The number of carbonyl (C=O) groups excluding carboxylic acids is 1. The van der Waals surface area contributed by atoms with Crippen molar-refractivity contribution in [1.29, 1.82) is 0 Å². The normalized spacial score (nSPS) is 21.3. The van der Waals surface area contributed by atoms with E-state index in [0.717, 1.165) is 18.5 Å². The molecule has 1 aliphatic rings. The van der Waals surface area contributed by atoms with E-state index < -0.39 is 0 Å². The molecule has 0 unspecified atom stereocenters. The van der Waals surface area contributed by atoms with E-state index in [1.807, 2.05) is 19.2 Å². The van der Waals surface area contributed by atoms with Crippen LogP contribution in [0.25, 0.3) is 0 Å². The Hall–Kier alpha value is -2.41. The molecular formula is C16H21N5O2. The second kappa shape index (κ2) is 6.78.